The Morgan fingerprint density at radius 2 is 1.79 bits per heavy atom. The number of halogens is 2. The largest absolute Gasteiger partial charge is 0.357 e. The number of likely N-dealkylation sites (N-methyl/N-ethyl adjacent to an activating group) is 1. The number of rotatable bonds is 5. The van der Waals surface area contributed by atoms with Gasteiger partial charge >= 0.3 is 0 Å². The van der Waals surface area contributed by atoms with Gasteiger partial charge in [0.05, 0.1) is 23.4 Å². The number of imidazole rings is 1. The highest BCUT2D eigenvalue weighted by atomic mass is 19.2. The fourth-order valence-electron chi connectivity index (χ4n) is 3.65. The van der Waals surface area contributed by atoms with Crippen LogP contribution in [0.3, 0.4) is 0 Å². The molecule has 0 radical (unpaired) electrons. The van der Waals surface area contributed by atoms with Crippen molar-refractivity contribution in [2.24, 2.45) is 0 Å². The van der Waals surface area contributed by atoms with Gasteiger partial charge in [0.1, 0.15) is 0 Å². The second-order valence-electron chi connectivity index (χ2n) is 7.46. The van der Waals surface area contributed by atoms with E-state index in [0.717, 1.165) is 62.4 Å². The van der Waals surface area contributed by atoms with Gasteiger partial charge in [0, 0.05) is 50.5 Å². The number of nitrogens with one attached hydrogen (secondary N) is 1. The average Bonchev–Trinajstić information content (AvgIpc) is 3.29. The lowest BCUT2D eigenvalue weighted by Gasteiger charge is -2.32. The number of aromatic nitrogens is 3. The predicted molar refractivity (Wildman–Crippen MR) is 106 cm³/mol. The standard InChI is InChI=1S/C21H25F2N5/c1-15-3-6-19(25-15)21-20(16-4-5-17(22)18(23)13-16)24-14-28(21)12-11-27-9-7-26(2)8-10-27/h3-6,13-14,25H,7-12H2,1-2H3. The van der Waals surface area contributed by atoms with E-state index in [9.17, 15) is 8.78 Å². The normalized spacial score (nSPS) is 16.0. The molecule has 1 aliphatic heterocycles. The Morgan fingerprint density at radius 1 is 1.00 bits per heavy atom. The minimum absolute atomic E-state index is 0.569. The molecule has 1 aliphatic rings. The minimum Gasteiger partial charge on any atom is -0.357 e. The van der Waals surface area contributed by atoms with E-state index in [0.29, 0.717) is 11.3 Å². The summed E-state index contributed by atoms with van der Waals surface area (Å²) in [6.45, 7) is 7.96. The first-order valence-electron chi connectivity index (χ1n) is 9.58. The Labute approximate surface area is 163 Å². The molecule has 5 nitrogen and oxygen atoms in total. The Balaban J connectivity index is 1.64. The van der Waals surface area contributed by atoms with Crippen LogP contribution in [0.1, 0.15) is 5.69 Å². The summed E-state index contributed by atoms with van der Waals surface area (Å²) in [5, 5.41) is 0. The molecule has 3 heterocycles. The molecule has 1 aromatic carbocycles. The van der Waals surface area contributed by atoms with Crippen LogP contribution in [0.4, 0.5) is 8.78 Å². The van der Waals surface area contributed by atoms with Crippen LogP contribution in [0.5, 0.6) is 0 Å². The summed E-state index contributed by atoms with van der Waals surface area (Å²) in [5.74, 6) is -1.71. The number of benzene rings is 1. The van der Waals surface area contributed by atoms with Crippen molar-refractivity contribution in [3.8, 4) is 22.6 Å². The maximum atomic E-state index is 13.8. The number of hydrogen-bond donors (Lipinski definition) is 1. The molecule has 0 atom stereocenters. The maximum absolute atomic E-state index is 13.8. The van der Waals surface area contributed by atoms with Crippen molar-refractivity contribution < 1.29 is 8.78 Å². The van der Waals surface area contributed by atoms with E-state index in [1.165, 1.54) is 6.07 Å². The van der Waals surface area contributed by atoms with Crippen LogP contribution < -0.4 is 0 Å². The van der Waals surface area contributed by atoms with Crippen LogP contribution in [-0.4, -0.2) is 64.1 Å². The van der Waals surface area contributed by atoms with Gasteiger partial charge in [-0.3, -0.25) is 4.90 Å². The molecular formula is C21H25F2N5. The molecule has 1 fully saturated rings. The lowest BCUT2D eigenvalue weighted by molar-refractivity contribution is 0.150. The van der Waals surface area contributed by atoms with Crippen molar-refractivity contribution in [2.75, 3.05) is 39.8 Å². The first kappa shape index (κ1) is 18.8. The maximum Gasteiger partial charge on any atom is 0.159 e. The van der Waals surface area contributed by atoms with Gasteiger partial charge in [-0.15, -0.1) is 0 Å². The first-order chi connectivity index (χ1) is 13.5. The SMILES string of the molecule is Cc1ccc(-c2c(-c3ccc(F)c(F)c3)ncn2CCN2CCN(C)CC2)[nH]1. The van der Waals surface area contributed by atoms with E-state index in [4.69, 9.17) is 0 Å². The molecule has 2 aromatic heterocycles. The third-order valence-corrected chi connectivity index (χ3v) is 5.37. The Kier molecular flexibility index (Phi) is 5.28. The number of piperazine rings is 1. The highest BCUT2D eigenvalue weighted by Gasteiger charge is 2.19. The number of nitrogens with zero attached hydrogens (tertiary/aromatic N) is 4. The molecule has 0 amide bonds. The van der Waals surface area contributed by atoms with Crippen LogP contribution in [-0.2, 0) is 6.54 Å². The van der Waals surface area contributed by atoms with Crippen LogP contribution in [0.25, 0.3) is 22.6 Å². The van der Waals surface area contributed by atoms with Gasteiger partial charge in [-0.25, -0.2) is 13.8 Å². The molecule has 0 saturated carbocycles. The van der Waals surface area contributed by atoms with E-state index in [-0.39, 0.29) is 0 Å². The molecule has 28 heavy (non-hydrogen) atoms. The van der Waals surface area contributed by atoms with E-state index in [2.05, 4.69) is 31.4 Å². The number of aryl methyl sites for hydroxylation is 1. The fourth-order valence-corrected chi connectivity index (χ4v) is 3.65. The van der Waals surface area contributed by atoms with E-state index < -0.39 is 11.6 Å². The summed E-state index contributed by atoms with van der Waals surface area (Å²) in [5.41, 5.74) is 4.08. The van der Waals surface area contributed by atoms with E-state index in [1.54, 1.807) is 12.4 Å². The van der Waals surface area contributed by atoms with Gasteiger partial charge < -0.3 is 14.5 Å². The topological polar surface area (TPSA) is 40.1 Å². The number of hydrogen-bond acceptors (Lipinski definition) is 3. The summed E-state index contributed by atoms with van der Waals surface area (Å²) in [7, 11) is 2.15. The zero-order valence-electron chi connectivity index (χ0n) is 16.3. The van der Waals surface area contributed by atoms with Gasteiger partial charge in [-0.05, 0) is 44.3 Å². The molecule has 0 aliphatic carbocycles. The van der Waals surface area contributed by atoms with Gasteiger partial charge in [0.2, 0.25) is 0 Å². The van der Waals surface area contributed by atoms with Crippen molar-refractivity contribution in [2.45, 2.75) is 13.5 Å². The lowest BCUT2D eigenvalue weighted by atomic mass is 10.1. The molecular weight excluding hydrogens is 360 g/mol. The minimum atomic E-state index is -0.863. The molecule has 4 rings (SSSR count). The Hall–Kier alpha value is -2.51. The van der Waals surface area contributed by atoms with Crippen LogP contribution in [0, 0.1) is 18.6 Å². The lowest BCUT2D eigenvalue weighted by Crippen LogP contribution is -2.45. The zero-order chi connectivity index (χ0) is 19.7. The molecule has 1 saturated heterocycles. The van der Waals surface area contributed by atoms with Gasteiger partial charge in [0.15, 0.2) is 11.6 Å². The fraction of sp³-hybridized carbons (Fsp3) is 0.381. The molecule has 0 unspecified atom stereocenters. The third kappa shape index (κ3) is 3.86. The van der Waals surface area contributed by atoms with Crippen LogP contribution in [0.15, 0.2) is 36.7 Å². The average molecular weight is 385 g/mol. The Morgan fingerprint density at radius 3 is 2.46 bits per heavy atom. The number of H-pyrrole nitrogens is 1. The van der Waals surface area contributed by atoms with Crippen LogP contribution >= 0.6 is 0 Å². The Bertz CT molecular complexity index is 954. The predicted octanol–water partition coefficient (Wildman–Crippen LogP) is 3.38. The zero-order valence-corrected chi connectivity index (χ0v) is 16.3. The first-order valence-corrected chi connectivity index (χ1v) is 9.58. The smallest absolute Gasteiger partial charge is 0.159 e. The number of aromatic amines is 1. The molecule has 0 bridgehead atoms. The third-order valence-electron chi connectivity index (χ3n) is 5.37. The summed E-state index contributed by atoms with van der Waals surface area (Å²) in [4.78, 5) is 12.7. The van der Waals surface area contributed by atoms with Crippen molar-refractivity contribution in [1.82, 2.24) is 24.3 Å². The molecule has 7 heteroatoms. The highest BCUT2D eigenvalue weighted by Crippen LogP contribution is 2.31. The van der Waals surface area contributed by atoms with Crippen molar-refractivity contribution in [3.05, 3.63) is 54.0 Å². The summed E-state index contributed by atoms with van der Waals surface area (Å²) in [6.07, 6.45) is 1.79. The molecule has 3 aromatic rings. The van der Waals surface area contributed by atoms with Crippen molar-refractivity contribution in [3.63, 3.8) is 0 Å². The van der Waals surface area contributed by atoms with E-state index >= 15 is 0 Å². The monoisotopic (exact) mass is 385 g/mol. The van der Waals surface area contributed by atoms with Gasteiger partial charge in [-0.2, -0.15) is 0 Å². The van der Waals surface area contributed by atoms with Gasteiger partial charge in [-0.1, -0.05) is 0 Å². The molecule has 1 N–H and O–H groups in total. The van der Waals surface area contributed by atoms with E-state index in [1.807, 2.05) is 19.1 Å². The second kappa shape index (κ2) is 7.85. The van der Waals surface area contributed by atoms with Crippen LogP contribution in [0.2, 0.25) is 0 Å². The quantitative estimate of drug-likeness (QED) is 0.732. The van der Waals surface area contributed by atoms with Crippen molar-refractivity contribution >= 4 is 0 Å². The second-order valence-corrected chi connectivity index (χ2v) is 7.46. The highest BCUT2D eigenvalue weighted by molar-refractivity contribution is 5.77. The summed E-state index contributed by atoms with van der Waals surface area (Å²) in [6, 6.07) is 7.94. The molecule has 148 valence electrons. The summed E-state index contributed by atoms with van der Waals surface area (Å²) >= 11 is 0. The van der Waals surface area contributed by atoms with Crippen molar-refractivity contribution in [1.29, 1.82) is 0 Å². The molecule has 0 spiro atoms. The summed E-state index contributed by atoms with van der Waals surface area (Å²) < 4.78 is 29.3. The van der Waals surface area contributed by atoms with Gasteiger partial charge in [0.25, 0.3) is 0 Å².